The number of hydrogen-bond donors (Lipinski definition) is 2. The molecule has 0 atom stereocenters. The van der Waals surface area contributed by atoms with E-state index in [0.717, 1.165) is 23.0 Å². The number of nitrogen functional groups attached to an aromatic ring is 2. The second-order valence-corrected chi connectivity index (χ2v) is 6.69. The second kappa shape index (κ2) is 4.27. The van der Waals surface area contributed by atoms with Crippen LogP contribution in [0.3, 0.4) is 0 Å². The van der Waals surface area contributed by atoms with Gasteiger partial charge in [-0.3, -0.25) is 0 Å². The van der Waals surface area contributed by atoms with E-state index in [9.17, 15) is 0 Å². The summed E-state index contributed by atoms with van der Waals surface area (Å²) in [6, 6.07) is 8.55. The third-order valence-electron chi connectivity index (χ3n) is 3.85. The van der Waals surface area contributed by atoms with Crippen molar-refractivity contribution in [3.8, 4) is 11.3 Å². The molecule has 0 aliphatic heterocycles. The van der Waals surface area contributed by atoms with Crippen molar-refractivity contribution >= 4 is 5.82 Å². The molecule has 0 spiro atoms. The number of anilines is 1. The van der Waals surface area contributed by atoms with Gasteiger partial charge in [0, 0.05) is 11.0 Å². The zero-order chi connectivity index (χ0) is 14.5. The largest absolute Gasteiger partial charge is 0.382 e. The lowest BCUT2D eigenvalue weighted by atomic mass is 9.96. The van der Waals surface area contributed by atoms with Crippen LogP contribution in [0.15, 0.2) is 24.3 Å². The monoisotopic (exact) mass is 270 g/mol. The Balaban J connectivity index is 2.01. The molecule has 4 N–H and O–H groups in total. The summed E-state index contributed by atoms with van der Waals surface area (Å²) in [5, 5.41) is 0. The Labute approximate surface area is 119 Å². The zero-order valence-electron chi connectivity index (χ0n) is 12.4. The maximum absolute atomic E-state index is 6.12. The van der Waals surface area contributed by atoms with Gasteiger partial charge in [0.05, 0.1) is 0 Å². The van der Waals surface area contributed by atoms with Gasteiger partial charge in [-0.25, -0.2) is 9.66 Å². The third-order valence-corrected chi connectivity index (χ3v) is 3.85. The summed E-state index contributed by atoms with van der Waals surface area (Å²) in [6.07, 6.45) is 2.63. The average Bonchev–Trinajstić information content (AvgIpc) is 3.18. The molecule has 0 saturated heterocycles. The number of aromatic nitrogens is 2. The van der Waals surface area contributed by atoms with E-state index >= 15 is 0 Å². The highest BCUT2D eigenvalue weighted by molar-refractivity contribution is 5.71. The summed E-state index contributed by atoms with van der Waals surface area (Å²) < 4.78 is 1.50. The van der Waals surface area contributed by atoms with Gasteiger partial charge >= 0.3 is 0 Å². The van der Waals surface area contributed by atoms with Crippen LogP contribution in [-0.4, -0.2) is 9.66 Å². The predicted molar refractivity (Wildman–Crippen MR) is 82.9 cm³/mol. The molecule has 106 valence electrons. The lowest BCUT2D eigenvalue weighted by molar-refractivity contribution is 0.532. The molecular weight excluding hydrogens is 248 g/mol. The first-order chi connectivity index (χ1) is 9.38. The minimum atomic E-state index is -0.130. The molecule has 1 aliphatic rings. The van der Waals surface area contributed by atoms with Crippen molar-refractivity contribution in [2.75, 3.05) is 11.6 Å². The van der Waals surface area contributed by atoms with Gasteiger partial charge in [-0.05, 0) is 24.3 Å². The highest BCUT2D eigenvalue weighted by atomic mass is 15.4. The van der Waals surface area contributed by atoms with Crippen LogP contribution in [0.2, 0.25) is 0 Å². The highest BCUT2D eigenvalue weighted by Crippen LogP contribution is 2.40. The maximum atomic E-state index is 6.12. The number of nitrogens with two attached hydrogens (primary N) is 2. The SMILES string of the molecule is CC(C)(C)c1nc(-c2ccc(C3CC3)cc2)c(N)n1N. The third kappa shape index (κ3) is 2.15. The van der Waals surface area contributed by atoms with Crippen molar-refractivity contribution in [1.29, 1.82) is 0 Å². The van der Waals surface area contributed by atoms with E-state index in [0.29, 0.717) is 5.82 Å². The Morgan fingerprint density at radius 3 is 2.20 bits per heavy atom. The smallest absolute Gasteiger partial charge is 0.150 e. The van der Waals surface area contributed by atoms with Crippen LogP contribution in [0.5, 0.6) is 0 Å². The molecule has 4 heteroatoms. The van der Waals surface area contributed by atoms with Gasteiger partial charge in [0.15, 0.2) is 5.82 Å². The molecule has 3 rings (SSSR count). The first-order valence-corrected chi connectivity index (χ1v) is 7.12. The molecule has 1 heterocycles. The minimum absolute atomic E-state index is 0.130. The number of benzene rings is 1. The predicted octanol–water partition coefficient (Wildman–Crippen LogP) is 3.02. The molecule has 0 unspecified atom stereocenters. The lowest BCUT2D eigenvalue weighted by Gasteiger charge is -2.17. The molecule has 1 fully saturated rings. The van der Waals surface area contributed by atoms with Crippen molar-refractivity contribution in [3.63, 3.8) is 0 Å². The average molecular weight is 270 g/mol. The molecular formula is C16H22N4. The summed E-state index contributed by atoms with van der Waals surface area (Å²) in [4.78, 5) is 4.65. The van der Waals surface area contributed by atoms with Gasteiger partial charge < -0.3 is 11.6 Å². The minimum Gasteiger partial charge on any atom is -0.382 e. The Morgan fingerprint density at radius 2 is 1.75 bits per heavy atom. The first-order valence-electron chi connectivity index (χ1n) is 7.12. The van der Waals surface area contributed by atoms with E-state index in [1.807, 2.05) is 0 Å². The number of hydrogen-bond acceptors (Lipinski definition) is 3. The van der Waals surface area contributed by atoms with Gasteiger partial charge in [-0.15, -0.1) is 0 Å². The molecule has 20 heavy (non-hydrogen) atoms. The van der Waals surface area contributed by atoms with E-state index in [1.54, 1.807) is 0 Å². The number of nitrogens with zero attached hydrogens (tertiary/aromatic N) is 2. The molecule has 4 nitrogen and oxygen atoms in total. The van der Waals surface area contributed by atoms with Crippen molar-refractivity contribution in [2.45, 2.75) is 44.9 Å². The summed E-state index contributed by atoms with van der Waals surface area (Å²) in [7, 11) is 0. The van der Waals surface area contributed by atoms with Crippen LogP contribution < -0.4 is 11.6 Å². The summed E-state index contributed by atoms with van der Waals surface area (Å²) in [6.45, 7) is 6.24. The molecule has 1 aromatic heterocycles. The van der Waals surface area contributed by atoms with Crippen molar-refractivity contribution in [2.24, 2.45) is 0 Å². The molecule has 2 aromatic rings. The second-order valence-electron chi connectivity index (χ2n) is 6.69. The molecule has 0 radical (unpaired) electrons. The summed E-state index contributed by atoms with van der Waals surface area (Å²) in [5.74, 6) is 8.13. The fraction of sp³-hybridized carbons (Fsp3) is 0.438. The first kappa shape index (κ1) is 13.0. The quantitative estimate of drug-likeness (QED) is 0.824. The Morgan fingerprint density at radius 1 is 1.15 bits per heavy atom. The number of rotatable bonds is 2. The van der Waals surface area contributed by atoms with E-state index in [2.05, 4.69) is 50.0 Å². The van der Waals surface area contributed by atoms with Crippen LogP contribution in [0.25, 0.3) is 11.3 Å². The van der Waals surface area contributed by atoms with Gasteiger partial charge in [-0.2, -0.15) is 0 Å². The van der Waals surface area contributed by atoms with Crippen LogP contribution in [-0.2, 0) is 5.41 Å². The molecule has 0 amide bonds. The molecule has 1 saturated carbocycles. The van der Waals surface area contributed by atoms with Crippen molar-refractivity contribution in [3.05, 3.63) is 35.7 Å². The maximum Gasteiger partial charge on any atom is 0.150 e. The molecule has 1 aromatic carbocycles. The topological polar surface area (TPSA) is 69.9 Å². The fourth-order valence-corrected chi connectivity index (χ4v) is 2.52. The molecule has 1 aliphatic carbocycles. The van der Waals surface area contributed by atoms with Crippen LogP contribution in [0.4, 0.5) is 5.82 Å². The fourth-order valence-electron chi connectivity index (χ4n) is 2.52. The van der Waals surface area contributed by atoms with Crippen LogP contribution in [0.1, 0.15) is 50.9 Å². The highest BCUT2D eigenvalue weighted by Gasteiger charge is 2.26. The number of imidazole rings is 1. The van der Waals surface area contributed by atoms with Gasteiger partial charge in [0.1, 0.15) is 11.5 Å². The Kier molecular flexibility index (Phi) is 2.78. The van der Waals surface area contributed by atoms with E-state index in [4.69, 9.17) is 11.6 Å². The Bertz CT molecular complexity index is 628. The summed E-state index contributed by atoms with van der Waals surface area (Å²) in [5.41, 5.74) is 9.21. The van der Waals surface area contributed by atoms with E-state index < -0.39 is 0 Å². The van der Waals surface area contributed by atoms with E-state index in [-0.39, 0.29) is 5.41 Å². The molecule has 0 bridgehead atoms. The van der Waals surface area contributed by atoms with Gasteiger partial charge in [-0.1, -0.05) is 45.0 Å². The van der Waals surface area contributed by atoms with Gasteiger partial charge in [0.25, 0.3) is 0 Å². The lowest BCUT2D eigenvalue weighted by Crippen LogP contribution is -2.24. The standard InChI is InChI=1S/C16H22N4/c1-16(2,3)15-19-13(14(17)20(15)18)12-8-6-11(7-9-12)10-4-5-10/h6-10H,4-5,17-18H2,1-3H3. The Hall–Kier alpha value is -1.97. The summed E-state index contributed by atoms with van der Waals surface area (Å²) >= 11 is 0. The zero-order valence-corrected chi connectivity index (χ0v) is 12.4. The van der Waals surface area contributed by atoms with E-state index in [1.165, 1.54) is 23.1 Å². The van der Waals surface area contributed by atoms with Crippen LogP contribution in [0, 0.1) is 0 Å². The van der Waals surface area contributed by atoms with Crippen LogP contribution >= 0.6 is 0 Å². The van der Waals surface area contributed by atoms with Crippen molar-refractivity contribution < 1.29 is 0 Å². The van der Waals surface area contributed by atoms with Gasteiger partial charge in [0.2, 0.25) is 0 Å². The van der Waals surface area contributed by atoms with Crippen molar-refractivity contribution in [1.82, 2.24) is 9.66 Å². The normalized spacial score (nSPS) is 15.6.